The van der Waals surface area contributed by atoms with Crippen LogP contribution in [0.1, 0.15) is 24.0 Å². The molecule has 0 bridgehead atoms. The minimum absolute atomic E-state index is 0. The van der Waals surface area contributed by atoms with Crippen molar-refractivity contribution in [1.29, 1.82) is 0 Å². The van der Waals surface area contributed by atoms with Crippen molar-refractivity contribution in [2.75, 3.05) is 25.1 Å². The summed E-state index contributed by atoms with van der Waals surface area (Å²) in [6.45, 7) is 0.270. The Bertz CT molecular complexity index is 1340. The zero-order valence-corrected chi connectivity index (χ0v) is 20.9. The molecule has 2 aliphatic rings. The first-order valence-corrected chi connectivity index (χ1v) is 11.7. The Hall–Kier alpha value is -3.76. The SMILES string of the molecule is Cl.O=C(CN1C(=O)C(c2ccc(-c3ccccn3)cc2)=NC12CCCOC2)Nc1cccc(C(F)(F)F)c1. The third kappa shape index (κ3) is 5.56. The highest BCUT2D eigenvalue weighted by molar-refractivity contribution is 6.47. The molecule has 3 aromatic rings. The molecule has 1 spiro atoms. The standard InChI is InChI=1S/C27H23F3N4O3.ClH/c28-27(29,30)20-5-3-6-21(15-20)32-23(35)16-34-25(36)24(33-26(34)12-4-14-37-17-26)19-10-8-18(9-11-19)22-7-1-2-13-31-22;/h1-3,5-11,13,15H,4,12,14,16-17H2,(H,32,35);1H. The molecule has 1 aromatic heterocycles. The van der Waals surface area contributed by atoms with Crippen LogP contribution in [-0.2, 0) is 20.5 Å². The van der Waals surface area contributed by atoms with Gasteiger partial charge in [0.1, 0.15) is 12.3 Å². The van der Waals surface area contributed by atoms with Crippen molar-refractivity contribution >= 4 is 35.6 Å². The van der Waals surface area contributed by atoms with Crippen molar-refractivity contribution in [3.8, 4) is 11.3 Å². The summed E-state index contributed by atoms with van der Waals surface area (Å²) in [6, 6.07) is 17.2. The van der Waals surface area contributed by atoms with E-state index in [2.05, 4.69) is 10.3 Å². The average molecular weight is 545 g/mol. The van der Waals surface area contributed by atoms with Gasteiger partial charge in [0.15, 0.2) is 5.66 Å². The fourth-order valence-corrected chi connectivity index (χ4v) is 4.56. The lowest BCUT2D eigenvalue weighted by Gasteiger charge is -2.38. The van der Waals surface area contributed by atoms with Crippen molar-refractivity contribution < 1.29 is 27.5 Å². The number of amides is 2. The number of carbonyl (C=O) groups excluding carboxylic acids is 2. The number of alkyl halides is 3. The number of pyridine rings is 1. The summed E-state index contributed by atoms with van der Waals surface area (Å²) in [5.74, 6) is -1.06. The van der Waals surface area contributed by atoms with Crippen LogP contribution in [0, 0.1) is 0 Å². The quantitative estimate of drug-likeness (QED) is 0.492. The summed E-state index contributed by atoms with van der Waals surface area (Å²) in [6.07, 6.45) is -1.69. The minimum atomic E-state index is -4.54. The van der Waals surface area contributed by atoms with Crippen LogP contribution in [0.25, 0.3) is 11.3 Å². The van der Waals surface area contributed by atoms with Crippen LogP contribution >= 0.6 is 12.4 Å². The maximum Gasteiger partial charge on any atom is 0.416 e. The number of rotatable bonds is 5. The number of nitrogens with zero attached hydrogens (tertiary/aromatic N) is 3. The molecule has 0 radical (unpaired) electrons. The smallest absolute Gasteiger partial charge is 0.377 e. The number of ether oxygens (including phenoxy) is 1. The van der Waals surface area contributed by atoms with Gasteiger partial charge in [-0.05, 0) is 43.2 Å². The van der Waals surface area contributed by atoms with Crippen LogP contribution in [0.15, 0.2) is 77.9 Å². The van der Waals surface area contributed by atoms with Crippen LogP contribution in [0.2, 0.25) is 0 Å². The Labute approximate surface area is 223 Å². The van der Waals surface area contributed by atoms with E-state index in [4.69, 9.17) is 9.73 Å². The molecule has 1 fully saturated rings. The Kier molecular flexibility index (Phi) is 7.84. The normalized spacial score (nSPS) is 19.2. The van der Waals surface area contributed by atoms with E-state index >= 15 is 0 Å². The number of benzene rings is 2. The molecule has 1 saturated heterocycles. The van der Waals surface area contributed by atoms with Crippen LogP contribution in [0.3, 0.4) is 0 Å². The molecular formula is C27H24ClF3N4O3. The highest BCUT2D eigenvalue weighted by atomic mass is 35.5. The molecule has 0 aliphatic carbocycles. The number of carbonyl (C=O) groups is 2. The molecule has 3 heterocycles. The molecule has 2 aliphatic heterocycles. The van der Waals surface area contributed by atoms with E-state index in [1.807, 2.05) is 30.3 Å². The molecule has 1 N–H and O–H groups in total. The first-order chi connectivity index (χ1) is 17.7. The molecule has 198 valence electrons. The predicted molar refractivity (Wildman–Crippen MR) is 138 cm³/mol. The highest BCUT2D eigenvalue weighted by Gasteiger charge is 2.49. The molecule has 38 heavy (non-hydrogen) atoms. The van der Waals surface area contributed by atoms with Crippen LogP contribution in [0.5, 0.6) is 0 Å². The molecule has 11 heteroatoms. The van der Waals surface area contributed by atoms with Gasteiger partial charge < -0.3 is 15.0 Å². The van der Waals surface area contributed by atoms with Gasteiger partial charge in [-0.25, -0.2) is 4.99 Å². The van der Waals surface area contributed by atoms with Gasteiger partial charge in [-0.2, -0.15) is 13.2 Å². The summed E-state index contributed by atoms with van der Waals surface area (Å²) in [4.78, 5) is 36.8. The predicted octanol–water partition coefficient (Wildman–Crippen LogP) is 4.97. The molecule has 7 nitrogen and oxygen atoms in total. The highest BCUT2D eigenvalue weighted by Crippen LogP contribution is 2.35. The first kappa shape index (κ1) is 27.3. The summed E-state index contributed by atoms with van der Waals surface area (Å²) in [7, 11) is 0. The van der Waals surface area contributed by atoms with Crippen molar-refractivity contribution in [2.24, 2.45) is 4.99 Å². The zero-order valence-electron chi connectivity index (χ0n) is 20.1. The van der Waals surface area contributed by atoms with E-state index in [9.17, 15) is 22.8 Å². The molecule has 5 rings (SSSR count). The Balaban J connectivity index is 0.00000336. The lowest BCUT2D eigenvalue weighted by molar-refractivity contribution is -0.137. The van der Waals surface area contributed by atoms with Gasteiger partial charge in [0.2, 0.25) is 5.91 Å². The van der Waals surface area contributed by atoms with Gasteiger partial charge >= 0.3 is 6.18 Å². The molecular weight excluding hydrogens is 521 g/mol. The Morgan fingerprint density at radius 2 is 1.82 bits per heavy atom. The van der Waals surface area contributed by atoms with Crippen molar-refractivity contribution in [3.63, 3.8) is 0 Å². The number of hydrogen-bond donors (Lipinski definition) is 1. The fraction of sp³-hybridized carbons (Fsp3) is 0.259. The first-order valence-electron chi connectivity index (χ1n) is 11.7. The molecule has 1 atom stereocenters. The second kappa shape index (κ2) is 10.9. The van der Waals surface area contributed by atoms with E-state index < -0.39 is 29.2 Å². The lowest BCUT2D eigenvalue weighted by atomic mass is 10.0. The number of nitrogens with one attached hydrogen (secondary N) is 1. The van der Waals surface area contributed by atoms with Crippen LogP contribution < -0.4 is 5.32 Å². The van der Waals surface area contributed by atoms with E-state index in [-0.39, 0.29) is 37.0 Å². The zero-order chi connectivity index (χ0) is 26.0. The lowest BCUT2D eigenvalue weighted by Crippen LogP contribution is -2.54. The van der Waals surface area contributed by atoms with E-state index in [0.29, 0.717) is 25.0 Å². The maximum absolute atomic E-state index is 13.5. The summed E-state index contributed by atoms with van der Waals surface area (Å²) >= 11 is 0. The summed E-state index contributed by atoms with van der Waals surface area (Å²) in [5.41, 5.74) is 0.545. The minimum Gasteiger partial charge on any atom is -0.377 e. The largest absolute Gasteiger partial charge is 0.416 e. The number of aliphatic imine (C=N–C) groups is 1. The Morgan fingerprint density at radius 3 is 2.47 bits per heavy atom. The van der Waals surface area contributed by atoms with E-state index in [0.717, 1.165) is 23.4 Å². The Morgan fingerprint density at radius 1 is 1.05 bits per heavy atom. The number of anilines is 1. The number of hydrogen-bond acceptors (Lipinski definition) is 5. The third-order valence-corrected chi connectivity index (χ3v) is 6.36. The average Bonchev–Trinajstić information content (AvgIpc) is 3.15. The summed E-state index contributed by atoms with van der Waals surface area (Å²) in [5, 5.41) is 2.47. The van der Waals surface area contributed by atoms with Gasteiger partial charge in [-0.3, -0.25) is 14.6 Å². The third-order valence-electron chi connectivity index (χ3n) is 6.36. The van der Waals surface area contributed by atoms with Crippen LogP contribution in [0.4, 0.5) is 18.9 Å². The van der Waals surface area contributed by atoms with Gasteiger partial charge in [-0.1, -0.05) is 36.4 Å². The van der Waals surface area contributed by atoms with Crippen molar-refractivity contribution in [3.05, 3.63) is 84.1 Å². The topological polar surface area (TPSA) is 83.9 Å². The molecule has 2 aromatic carbocycles. The monoisotopic (exact) mass is 544 g/mol. The molecule has 2 amide bonds. The van der Waals surface area contributed by atoms with Crippen molar-refractivity contribution in [1.82, 2.24) is 9.88 Å². The van der Waals surface area contributed by atoms with Crippen molar-refractivity contribution in [2.45, 2.75) is 24.7 Å². The van der Waals surface area contributed by atoms with E-state index in [1.54, 1.807) is 18.3 Å². The number of halogens is 4. The second-order valence-corrected chi connectivity index (χ2v) is 8.91. The van der Waals surface area contributed by atoms with Gasteiger partial charge in [0, 0.05) is 29.6 Å². The second-order valence-electron chi connectivity index (χ2n) is 8.91. The number of aromatic nitrogens is 1. The van der Waals surface area contributed by atoms with Gasteiger partial charge in [0.05, 0.1) is 17.9 Å². The van der Waals surface area contributed by atoms with Gasteiger partial charge in [0.25, 0.3) is 5.91 Å². The molecule has 0 saturated carbocycles. The maximum atomic E-state index is 13.5. The van der Waals surface area contributed by atoms with Crippen LogP contribution in [-0.4, -0.2) is 52.8 Å². The van der Waals surface area contributed by atoms with E-state index in [1.165, 1.54) is 17.0 Å². The fourth-order valence-electron chi connectivity index (χ4n) is 4.56. The van der Waals surface area contributed by atoms with Gasteiger partial charge in [-0.15, -0.1) is 12.4 Å². The summed E-state index contributed by atoms with van der Waals surface area (Å²) < 4.78 is 44.8. The molecule has 1 unspecified atom stereocenters.